The Morgan fingerprint density at radius 2 is 2.09 bits per heavy atom. The van der Waals surface area contributed by atoms with Gasteiger partial charge in [0, 0.05) is 43.7 Å². The SMILES string of the molecule is COCCCCC(=O)NCCc1nc(-c2ccc(Cl)cc2)no1. The molecule has 124 valence electrons. The number of methoxy groups -OCH3 is 1. The van der Waals surface area contributed by atoms with Crippen LogP contribution in [-0.2, 0) is 16.0 Å². The van der Waals surface area contributed by atoms with E-state index in [4.69, 9.17) is 20.9 Å². The number of amides is 1. The maximum atomic E-state index is 11.6. The topological polar surface area (TPSA) is 77.2 Å². The minimum absolute atomic E-state index is 0.0264. The molecule has 0 bridgehead atoms. The first-order valence-corrected chi connectivity index (χ1v) is 7.91. The monoisotopic (exact) mass is 337 g/mol. The molecule has 0 radical (unpaired) electrons. The quantitative estimate of drug-likeness (QED) is 0.712. The number of unbranched alkanes of at least 4 members (excludes halogenated alkanes) is 1. The van der Waals surface area contributed by atoms with Gasteiger partial charge in [-0.05, 0) is 37.1 Å². The van der Waals surface area contributed by atoms with E-state index in [0.717, 1.165) is 18.4 Å². The fourth-order valence-corrected chi connectivity index (χ4v) is 2.13. The largest absolute Gasteiger partial charge is 0.385 e. The van der Waals surface area contributed by atoms with Crippen LogP contribution in [0, 0.1) is 0 Å². The molecule has 0 saturated heterocycles. The van der Waals surface area contributed by atoms with Crippen LogP contribution in [0.4, 0.5) is 0 Å². The summed E-state index contributed by atoms with van der Waals surface area (Å²) in [7, 11) is 1.66. The summed E-state index contributed by atoms with van der Waals surface area (Å²) in [4.78, 5) is 15.9. The van der Waals surface area contributed by atoms with E-state index in [-0.39, 0.29) is 5.91 Å². The number of nitrogens with zero attached hydrogens (tertiary/aromatic N) is 2. The fourth-order valence-electron chi connectivity index (χ4n) is 2.00. The standard InChI is InChI=1S/C16H20ClN3O3/c1-22-11-3-2-4-14(21)18-10-9-15-19-16(20-23-15)12-5-7-13(17)8-6-12/h5-8H,2-4,9-11H2,1H3,(H,18,21). The number of hydrogen-bond donors (Lipinski definition) is 1. The summed E-state index contributed by atoms with van der Waals surface area (Å²) in [5.41, 5.74) is 0.839. The molecule has 0 aliphatic rings. The number of hydrogen-bond acceptors (Lipinski definition) is 5. The molecule has 0 aliphatic heterocycles. The lowest BCUT2D eigenvalue weighted by Crippen LogP contribution is -2.25. The third kappa shape index (κ3) is 6.00. The van der Waals surface area contributed by atoms with Crippen LogP contribution in [-0.4, -0.2) is 36.3 Å². The van der Waals surface area contributed by atoms with Gasteiger partial charge in [0.2, 0.25) is 17.6 Å². The molecule has 0 atom stereocenters. The molecular formula is C16H20ClN3O3. The van der Waals surface area contributed by atoms with Crippen LogP contribution < -0.4 is 5.32 Å². The molecule has 1 N–H and O–H groups in total. The second kappa shape index (κ2) is 9.27. The number of carbonyl (C=O) groups excluding carboxylic acids is 1. The van der Waals surface area contributed by atoms with Crippen molar-refractivity contribution in [2.24, 2.45) is 0 Å². The van der Waals surface area contributed by atoms with Crippen molar-refractivity contribution in [1.82, 2.24) is 15.5 Å². The van der Waals surface area contributed by atoms with Crippen molar-refractivity contribution >= 4 is 17.5 Å². The van der Waals surface area contributed by atoms with E-state index in [1.165, 1.54) is 0 Å². The van der Waals surface area contributed by atoms with Gasteiger partial charge in [-0.15, -0.1) is 0 Å². The first kappa shape index (κ1) is 17.4. The van der Waals surface area contributed by atoms with Gasteiger partial charge in [-0.1, -0.05) is 16.8 Å². The number of nitrogens with one attached hydrogen (secondary N) is 1. The Balaban J connectivity index is 1.72. The van der Waals surface area contributed by atoms with E-state index in [1.54, 1.807) is 19.2 Å². The van der Waals surface area contributed by atoms with Crippen molar-refractivity contribution in [3.05, 3.63) is 35.2 Å². The molecule has 0 unspecified atom stereocenters. The fraction of sp³-hybridized carbons (Fsp3) is 0.438. The van der Waals surface area contributed by atoms with Crippen molar-refractivity contribution in [3.63, 3.8) is 0 Å². The predicted octanol–water partition coefficient (Wildman–Crippen LogP) is 2.87. The predicted molar refractivity (Wildman–Crippen MR) is 87.2 cm³/mol. The second-order valence-corrected chi connectivity index (χ2v) is 5.50. The Morgan fingerprint density at radius 3 is 2.83 bits per heavy atom. The number of halogens is 1. The van der Waals surface area contributed by atoms with Gasteiger partial charge >= 0.3 is 0 Å². The van der Waals surface area contributed by atoms with Crippen LogP contribution in [0.25, 0.3) is 11.4 Å². The van der Waals surface area contributed by atoms with E-state index in [9.17, 15) is 4.79 Å². The van der Waals surface area contributed by atoms with Gasteiger partial charge < -0.3 is 14.6 Å². The lowest BCUT2D eigenvalue weighted by molar-refractivity contribution is -0.121. The van der Waals surface area contributed by atoms with Gasteiger partial charge in [-0.25, -0.2) is 0 Å². The average Bonchev–Trinajstić information content (AvgIpc) is 3.01. The van der Waals surface area contributed by atoms with Crippen LogP contribution >= 0.6 is 11.6 Å². The Labute approximate surface area is 140 Å². The zero-order valence-electron chi connectivity index (χ0n) is 13.0. The minimum Gasteiger partial charge on any atom is -0.385 e. The molecule has 7 heteroatoms. The molecule has 2 rings (SSSR count). The smallest absolute Gasteiger partial charge is 0.228 e. The second-order valence-electron chi connectivity index (χ2n) is 5.07. The first-order chi connectivity index (χ1) is 11.2. The highest BCUT2D eigenvalue weighted by molar-refractivity contribution is 6.30. The Bertz CT molecular complexity index is 613. The molecule has 1 aromatic carbocycles. The number of aromatic nitrogens is 2. The maximum Gasteiger partial charge on any atom is 0.228 e. The number of rotatable bonds is 9. The van der Waals surface area contributed by atoms with Crippen LogP contribution in [0.3, 0.4) is 0 Å². The highest BCUT2D eigenvalue weighted by Crippen LogP contribution is 2.18. The molecule has 0 spiro atoms. The molecule has 0 fully saturated rings. The molecule has 6 nitrogen and oxygen atoms in total. The van der Waals surface area contributed by atoms with Crippen LogP contribution in [0.15, 0.2) is 28.8 Å². The summed E-state index contributed by atoms with van der Waals surface area (Å²) in [6.07, 6.45) is 2.71. The van der Waals surface area contributed by atoms with Gasteiger partial charge in [-0.3, -0.25) is 4.79 Å². The zero-order chi connectivity index (χ0) is 16.5. The summed E-state index contributed by atoms with van der Waals surface area (Å²) in [6, 6.07) is 7.21. The van der Waals surface area contributed by atoms with Gasteiger partial charge in [-0.2, -0.15) is 4.98 Å². The molecule has 1 heterocycles. The number of carbonyl (C=O) groups is 1. The molecule has 1 aromatic heterocycles. The summed E-state index contributed by atoms with van der Waals surface area (Å²) in [6.45, 7) is 1.16. The Kier molecular flexibility index (Phi) is 7.03. The lowest BCUT2D eigenvalue weighted by atomic mass is 10.2. The maximum absolute atomic E-state index is 11.6. The van der Waals surface area contributed by atoms with Crippen molar-refractivity contribution in [2.75, 3.05) is 20.3 Å². The lowest BCUT2D eigenvalue weighted by Gasteiger charge is -2.03. The normalized spacial score (nSPS) is 10.7. The van der Waals surface area contributed by atoms with Gasteiger partial charge in [0.1, 0.15) is 0 Å². The average molecular weight is 338 g/mol. The van der Waals surface area contributed by atoms with Crippen molar-refractivity contribution < 1.29 is 14.1 Å². The van der Waals surface area contributed by atoms with E-state index in [2.05, 4.69) is 15.5 Å². The zero-order valence-corrected chi connectivity index (χ0v) is 13.8. The summed E-state index contributed by atoms with van der Waals surface area (Å²) < 4.78 is 10.1. The first-order valence-electron chi connectivity index (χ1n) is 7.53. The molecule has 2 aromatic rings. The number of benzene rings is 1. The van der Waals surface area contributed by atoms with E-state index < -0.39 is 0 Å². The van der Waals surface area contributed by atoms with E-state index >= 15 is 0 Å². The van der Waals surface area contributed by atoms with E-state index in [0.29, 0.717) is 42.7 Å². The highest BCUT2D eigenvalue weighted by atomic mass is 35.5. The van der Waals surface area contributed by atoms with Gasteiger partial charge in [0.05, 0.1) is 0 Å². The minimum atomic E-state index is 0.0264. The summed E-state index contributed by atoms with van der Waals surface area (Å²) in [5.74, 6) is 1.04. The van der Waals surface area contributed by atoms with Crippen LogP contribution in [0.5, 0.6) is 0 Å². The van der Waals surface area contributed by atoms with Gasteiger partial charge in [0.25, 0.3) is 0 Å². The third-order valence-electron chi connectivity index (χ3n) is 3.23. The summed E-state index contributed by atoms with van der Waals surface area (Å²) >= 11 is 5.84. The van der Waals surface area contributed by atoms with Crippen molar-refractivity contribution in [1.29, 1.82) is 0 Å². The summed E-state index contributed by atoms with van der Waals surface area (Å²) in [5, 5.41) is 7.43. The highest BCUT2D eigenvalue weighted by Gasteiger charge is 2.09. The third-order valence-corrected chi connectivity index (χ3v) is 3.49. The Morgan fingerprint density at radius 1 is 1.30 bits per heavy atom. The van der Waals surface area contributed by atoms with E-state index in [1.807, 2.05) is 12.1 Å². The van der Waals surface area contributed by atoms with Crippen LogP contribution in [0.2, 0.25) is 5.02 Å². The van der Waals surface area contributed by atoms with Crippen molar-refractivity contribution in [3.8, 4) is 11.4 Å². The molecule has 0 saturated carbocycles. The molecule has 23 heavy (non-hydrogen) atoms. The van der Waals surface area contributed by atoms with Crippen molar-refractivity contribution in [2.45, 2.75) is 25.7 Å². The Hall–Kier alpha value is -1.92. The molecular weight excluding hydrogens is 318 g/mol. The van der Waals surface area contributed by atoms with Gasteiger partial charge in [0.15, 0.2) is 0 Å². The number of ether oxygens (including phenoxy) is 1. The van der Waals surface area contributed by atoms with Crippen LogP contribution in [0.1, 0.15) is 25.2 Å². The molecule has 0 aliphatic carbocycles. The molecule has 1 amide bonds.